The number of ether oxygens (including phenoxy) is 1. The van der Waals surface area contributed by atoms with Gasteiger partial charge in [0.25, 0.3) is 0 Å². The van der Waals surface area contributed by atoms with E-state index in [-0.39, 0.29) is 0 Å². The summed E-state index contributed by atoms with van der Waals surface area (Å²) in [6, 6.07) is 7.82. The first-order valence-corrected chi connectivity index (χ1v) is 6.75. The van der Waals surface area contributed by atoms with Gasteiger partial charge in [-0.1, -0.05) is 18.2 Å². The number of para-hydroxylation sites is 1. The molecule has 2 aromatic rings. The molecule has 0 aliphatic carbocycles. The third kappa shape index (κ3) is 2.99. The van der Waals surface area contributed by atoms with Crippen LogP contribution in [0.25, 0.3) is 0 Å². The predicted molar refractivity (Wildman–Crippen MR) is 71.9 cm³/mol. The maximum atomic E-state index is 5.85. The number of hydrogen-bond donors (Lipinski definition) is 0. The molecule has 90 valence electrons. The normalized spacial score (nSPS) is 10.5. The maximum absolute atomic E-state index is 5.85. The van der Waals surface area contributed by atoms with E-state index in [4.69, 9.17) is 16.3 Å². The van der Waals surface area contributed by atoms with Gasteiger partial charge in [0.15, 0.2) is 0 Å². The first-order chi connectivity index (χ1) is 8.20. The van der Waals surface area contributed by atoms with Gasteiger partial charge < -0.3 is 4.74 Å². The van der Waals surface area contributed by atoms with E-state index in [1.807, 2.05) is 31.2 Å². The Morgan fingerprint density at radius 2 is 2.06 bits per heavy atom. The van der Waals surface area contributed by atoms with Crippen LogP contribution in [0, 0.1) is 13.8 Å². The SMILES string of the molecule is Cc1nc(COc2ccccc2CCl)sc1C. The van der Waals surface area contributed by atoms with Crippen molar-refractivity contribution in [2.75, 3.05) is 0 Å². The monoisotopic (exact) mass is 267 g/mol. The summed E-state index contributed by atoms with van der Waals surface area (Å²) in [5.74, 6) is 1.31. The number of hydrogen-bond acceptors (Lipinski definition) is 3. The van der Waals surface area contributed by atoms with Crippen molar-refractivity contribution in [3.63, 3.8) is 0 Å². The Bertz CT molecular complexity index is 490. The fourth-order valence-corrected chi connectivity index (χ4v) is 2.56. The highest BCUT2D eigenvalue weighted by Gasteiger charge is 2.06. The summed E-state index contributed by atoms with van der Waals surface area (Å²) in [4.78, 5) is 5.69. The number of nitrogens with zero attached hydrogens (tertiary/aromatic N) is 1. The second-order valence-electron chi connectivity index (χ2n) is 3.78. The van der Waals surface area contributed by atoms with E-state index in [2.05, 4.69) is 11.9 Å². The minimum absolute atomic E-state index is 0.464. The number of rotatable bonds is 4. The van der Waals surface area contributed by atoms with E-state index >= 15 is 0 Å². The van der Waals surface area contributed by atoms with Gasteiger partial charge in [-0.3, -0.25) is 0 Å². The second kappa shape index (κ2) is 5.52. The molecule has 0 unspecified atom stereocenters. The molecule has 1 heterocycles. The number of alkyl halides is 1. The van der Waals surface area contributed by atoms with Crippen molar-refractivity contribution in [1.82, 2.24) is 4.98 Å². The fourth-order valence-electron chi connectivity index (χ4n) is 1.50. The quantitative estimate of drug-likeness (QED) is 0.779. The van der Waals surface area contributed by atoms with Crippen LogP contribution in [0.1, 0.15) is 21.1 Å². The van der Waals surface area contributed by atoms with Gasteiger partial charge in [0.05, 0.1) is 11.6 Å². The van der Waals surface area contributed by atoms with Gasteiger partial charge in [0.1, 0.15) is 17.4 Å². The Kier molecular flexibility index (Phi) is 4.02. The first kappa shape index (κ1) is 12.4. The molecule has 1 aromatic carbocycles. The molecule has 2 nitrogen and oxygen atoms in total. The molecular weight excluding hydrogens is 254 g/mol. The molecule has 0 aliphatic rings. The van der Waals surface area contributed by atoms with Crippen LogP contribution in [0.4, 0.5) is 0 Å². The van der Waals surface area contributed by atoms with E-state index in [0.29, 0.717) is 12.5 Å². The zero-order valence-electron chi connectivity index (χ0n) is 9.87. The largest absolute Gasteiger partial charge is 0.486 e. The minimum atomic E-state index is 0.464. The maximum Gasteiger partial charge on any atom is 0.140 e. The van der Waals surface area contributed by atoms with Crippen LogP contribution in [-0.4, -0.2) is 4.98 Å². The summed E-state index contributed by atoms with van der Waals surface area (Å²) in [7, 11) is 0. The van der Waals surface area contributed by atoms with Crippen LogP contribution < -0.4 is 4.74 Å². The molecule has 1 aromatic heterocycles. The summed E-state index contributed by atoms with van der Waals surface area (Å²) in [5, 5.41) is 1.00. The fraction of sp³-hybridized carbons (Fsp3) is 0.308. The zero-order valence-corrected chi connectivity index (χ0v) is 11.4. The number of thiazole rings is 1. The molecule has 0 saturated heterocycles. The average molecular weight is 268 g/mol. The standard InChI is InChI=1S/C13H14ClNOS/c1-9-10(2)17-13(15-9)8-16-12-6-4-3-5-11(12)7-14/h3-6H,7-8H2,1-2H3. The van der Waals surface area contributed by atoms with Crippen LogP contribution in [0.3, 0.4) is 0 Å². The number of aromatic nitrogens is 1. The summed E-state index contributed by atoms with van der Waals surface area (Å²) >= 11 is 7.53. The van der Waals surface area contributed by atoms with Gasteiger partial charge in [-0.15, -0.1) is 22.9 Å². The molecule has 0 atom stereocenters. The topological polar surface area (TPSA) is 22.1 Å². The zero-order chi connectivity index (χ0) is 12.3. The van der Waals surface area contributed by atoms with E-state index in [1.165, 1.54) is 4.88 Å². The lowest BCUT2D eigenvalue weighted by Gasteiger charge is -2.07. The highest BCUT2D eigenvalue weighted by Crippen LogP contribution is 2.23. The van der Waals surface area contributed by atoms with Crippen LogP contribution >= 0.6 is 22.9 Å². The molecule has 2 rings (SSSR count). The van der Waals surface area contributed by atoms with E-state index < -0.39 is 0 Å². The van der Waals surface area contributed by atoms with Crippen LogP contribution in [-0.2, 0) is 12.5 Å². The summed E-state index contributed by atoms with van der Waals surface area (Å²) in [5.41, 5.74) is 2.10. The van der Waals surface area contributed by atoms with E-state index in [0.717, 1.165) is 22.0 Å². The molecule has 0 amide bonds. The van der Waals surface area contributed by atoms with Gasteiger partial charge in [0.2, 0.25) is 0 Å². The Hall–Kier alpha value is -1.06. The van der Waals surface area contributed by atoms with E-state index in [1.54, 1.807) is 11.3 Å². The Labute approximate surface area is 110 Å². The van der Waals surface area contributed by atoms with E-state index in [9.17, 15) is 0 Å². The molecule has 0 radical (unpaired) electrons. The van der Waals surface area contributed by atoms with Gasteiger partial charge >= 0.3 is 0 Å². The van der Waals surface area contributed by atoms with Gasteiger partial charge in [-0.25, -0.2) is 4.98 Å². The van der Waals surface area contributed by atoms with Gasteiger partial charge in [-0.2, -0.15) is 0 Å². The summed E-state index contributed by atoms with van der Waals surface area (Å²) in [6.07, 6.45) is 0. The molecule has 0 bridgehead atoms. The lowest BCUT2D eigenvalue weighted by molar-refractivity contribution is 0.303. The van der Waals surface area contributed by atoms with Gasteiger partial charge in [0, 0.05) is 10.4 Å². The highest BCUT2D eigenvalue weighted by molar-refractivity contribution is 7.11. The second-order valence-corrected chi connectivity index (χ2v) is 5.33. The third-order valence-electron chi connectivity index (χ3n) is 2.54. The smallest absolute Gasteiger partial charge is 0.140 e. The van der Waals surface area contributed by atoms with Crippen molar-refractivity contribution in [3.05, 3.63) is 45.4 Å². The molecule has 17 heavy (non-hydrogen) atoms. The van der Waals surface area contributed by atoms with Crippen molar-refractivity contribution in [3.8, 4) is 5.75 Å². The van der Waals surface area contributed by atoms with Crippen LogP contribution in [0.2, 0.25) is 0 Å². The van der Waals surface area contributed by atoms with Crippen molar-refractivity contribution in [2.24, 2.45) is 0 Å². The number of aryl methyl sites for hydroxylation is 2. The third-order valence-corrected chi connectivity index (χ3v) is 3.87. The first-order valence-electron chi connectivity index (χ1n) is 5.40. The molecular formula is C13H14ClNOS. The Balaban J connectivity index is 2.07. The lowest BCUT2D eigenvalue weighted by atomic mass is 10.2. The molecule has 0 N–H and O–H groups in total. The molecule has 0 saturated carbocycles. The Morgan fingerprint density at radius 3 is 2.71 bits per heavy atom. The molecule has 0 spiro atoms. The van der Waals surface area contributed by atoms with Crippen molar-refractivity contribution in [1.29, 1.82) is 0 Å². The van der Waals surface area contributed by atoms with Crippen molar-refractivity contribution < 1.29 is 4.74 Å². The average Bonchev–Trinajstić information content (AvgIpc) is 2.66. The van der Waals surface area contributed by atoms with Gasteiger partial charge in [-0.05, 0) is 19.9 Å². The minimum Gasteiger partial charge on any atom is -0.486 e. The number of halogens is 1. The summed E-state index contributed by atoms with van der Waals surface area (Å²) < 4.78 is 5.75. The molecule has 0 aliphatic heterocycles. The Morgan fingerprint density at radius 1 is 1.29 bits per heavy atom. The van der Waals surface area contributed by atoms with Crippen LogP contribution in [0.5, 0.6) is 5.75 Å². The highest BCUT2D eigenvalue weighted by atomic mass is 35.5. The predicted octanol–water partition coefficient (Wildman–Crippen LogP) is 4.08. The summed E-state index contributed by atoms with van der Waals surface area (Å²) in [6.45, 7) is 4.60. The lowest BCUT2D eigenvalue weighted by Crippen LogP contribution is -1.97. The van der Waals surface area contributed by atoms with Crippen molar-refractivity contribution >= 4 is 22.9 Å². The number of benzene rings is 1. The molecule has 4 heteroatoms. The molecule has 0 fully saturated rings. The van der Waals surface area contributed by atoms with Crippen molar-refractivity contribution in [2.45, 2.75) is 26.3 Å². The van der Waals surface area contributed by atoms with Crippen LogP contribution in [0.15, 0.2) is 24.3 Å².